The van der Waals surface area contributed by atoms with Crippen LogP contribution in [0.15, 0.2) is 35.1 Å². The maximum absolute atomic E-state index is 12.1. The molecule has 1 aromatic carbocycles. The van der Waals surface area contributed by atoms with Crippen molar-refractivity contribution < 1.29 is 14.3 Å². The van der Waals surface area contributed by atoms with E-state index in [0.29, 0.717) is 10.9 Å². The molecule has 25 heavy (non-hydrogen) atoms. The maximum atomic E-state index is 12.1. The zero-order valence-corrected chi connectivity index (χ0v) is 14.0. The summed E-state index contributed by atoms with van der Waals surface area (Å²) in [6, 6.07) is 8.29. The van der Waals surface area contributed by atoms with Crippen molar-refractivity contribution in [1.29, 1.82) is 0 Å². The number of hydrogen-bond donors (Lipinski definition) is 2. The van der Waals surface area contributed by atoms with Gasteiger partial charge in [0.2, 0.25) is 0 Å². The van der Waals surface area contributed by atoms with E-state index in [2.05, 4.69) is 10.3 Å². The Labute approximate surface area is 145 Å². The molecule has 2 aromatic rings. The highest BCUT2D eigenvalue weighted by molar-refractivity contribution is 5.92. The first-order chi connectivity index (χ1) is 12.1. The fraction of sp³-hybridized carbons (Fsp3) is 0.421. The summed E-state index contributed by atoms with van der Waals surface area (Å²) in [6.07, 6.45) is 6.58. The fourth-order valence-corrected chi connectivity index (χ4v) is 3.21. The molecule has 1 aliphatic rings. The molecule has 1 saturated carbocycles. The predicted molar refractivity (Wildman–Crippen MR) is 94.5 cm³/mol. The van der Waals surface area contributed by atoms with Crippen LogP contribution in [0.1, 0.15) is 49.0 Å². The van der Waals surface area contributed by atoms with E-state index in [9.17, 15) is 14.4 Å². The zero-order valence-electron chi connectivity index (χ0n) is 14.0. The van der Waals surface area contributed by atoms with Crippen molar-refractivity contribution in [3.63, 3.8) is 0 Å². The maximum Gasteiger partial charge on any atom is 0.355 e. The summed E-state index contributed by atoms with van der Waals surface area (Å²) in [7, 11) is 0. The molecule has 0 saturated heterocycles. The van der Waals surface area contributed by atoms with Gasteiger partial charge in [0.1, 0.15) is 5.69 Å². The number of nitrogens with one attached hydrogen (secondary N) is 2. The molecule has 1 aromatic heterocycles. The second kappa shape index (κ2) is 7.96. The van der Waals surface area contributed by atoms with Gasteiger partial charge in [0.15, 0.2) is 12.0 Å². The Morgan fingerprint density at radius 1 is 1.12 bits per heavy atom. The van der Waals surface area contributed by atoms with Crippen LogP contribution < -0.4 is 10.7 Å². The van der Waals surface area contributed by atoms with Crippen LogP contribution in [0.5, 0.6) is 0 Å². The molecule has 132 valence electrons. The molecule has 0 atom stereocenters. The summed E-state index contributed by atoms with van der Waals surface area (Å²) in [6.45, 7) is -0.343. The number of aromatic amines is 1. The highest BCUT2D eigenvalue weighted by atomic mass is 16.5. The summed E-state index contributed by atoms with van der Waals surface area (Å²) in [5, 5.41) is 3.42. The number of carbonyl (C=O) groups excluding carboxylic acids is 2. The Hall–Kier alpha value is -2.63. The van der Waals surface area contributed by atoms with Gasteiger partial charge in [-0.2, -0.15) is 0 Å². The van der Waals surface area contributed by atoms with E-state index in [-0.39, 0.29) is 29.7 Å². The van der Waals surface area contributed by atoms with Gasteiger partial charge in [0, 0.05) is 23.0 Å². The highest BCUT2D eigenvalue weighted by Crippen LogP contribution is 2.17. The fourth-order valence-electron chi connectivity index (χ4n) is 3.21. The van der Waals surface area contributed by atoms with E-state index in [0.717, 1.165) is 25.7 Å². The summed E-state index contributed by atoms with van der Waals surface area (Å²) in [4.78, 5) is 39.0. The van der Waals surface area contributed by atoms with Gasteiger partial charge >= 0.3 is 5.97 Å². The van der Waals surface area contributed by atoms with Crippen LogP contribution in [-0.2, 0) is 9.53 Å². The lowest BCUT2D eigenvalue weighted by Gasteiger charge is -2.16. The van der Waals surface area contributed by atoms with Gasteiger partial charge in [-0.3, -0.25) is 9.59 Å². The number of pyridine rings is 1. The Bertz CT molecular complexity index is 820. The van der Waals surface area contributed by atoms with Gasteiger partial charge in [-0.1, -0.05) is 37.8 Å². The van der Waals surface area contributed by atoms with Crippen molar-refractivity contribution in [1.82, 2.24) is 10.3 Å². The average Bonchev–Trinajstić information content (AvgIpc) is 2.88. The molecule has 1 heterocycles. The molecule has 6 nitrogen and oxygen atoms in total. The van der Waals surface area contributed by atoms with Crippen molar-refractivity contribution in [2.24, 2.45) is 0 Å². The normalized spacial score (nSPS) is 15.5. The second-order valence-electron chi connectivity index (χ2n) is 6.42. The van der Waals surface area contributed by atoms with Gasteiger partial charge in [0.05, 0.1) is 0 Å². The van der Waals surface area contributed by atoms with Gasteiger partial charge in [-0.05, 0) is 25.0 Å². The number of ether oxygens (including phenoxy) is 1. The Kier molecular flexibility index (Phi) is 5.48. The average molecular weight is 342 g/mol. The molecule has 0 aliphatic heterocycles. The van der Waals surface area contributed by atoms with E-state index in [1.165, 1.54) is 18.9 Å². The minimum Gasteiger partial charge on any atom is -0.451 e. The molecule has 0 unspecified atom stereocenters. The molecule has 3 rings (SSSR count). The molecule has 1 fully saturated rings. The number of benzene rings is 1. The number of rotatable bonds is 4. The third kappa shape index (κ3) is 4.47. The van der Waals surface area contributed by atoms with Crippen LogP contribution in [0.3, 0.4) is 0 Å². The quantitative estimate of drug-likeness (QED) is 0.660. The molecule has 2 N–H and O–H groups in total. The number of esters is 1. The monoisotopic (exact) mass is 342 g/mol. The lowest BCUT2D eigenvalue weighted by molar-refractivity contribution is -0.125. The van der Waals surface area contributed by atoms with Crippen LogP contribution in [0.4, 0.5) is 0 Å². The molecule has 0 radical (unpaired) electrons. The van der Waals surface area contributed by atoms with E-state index >= 15 is 0 Å². The predicted octanol–water partition coefficient (Wildman–Crippen LogP) is 2.52. The van der Waals surface area contributed by atoms with Gasteiger partial charge in [0.25, 0.3) is 5.91 Å². The zero-order chi connectivity index (χ0) is 17.6. The Morgan fingerprint density at radius 3 is 2.60 bits per heavy atom. The van der Waals surface area contributed by atoms with Gasteiger partial charge in [-0.25, -0.2) is 4.79 Å². The summed E-state index contributed by atoms with van der Waals surface area (Å²) in [5.41, 5.74) is 0.347. The summed E-state index contributed by atoms with van der Waals surface area (Å²) in [5.74, 6) is -1.01. The van der Waals surface area contributed by atoms with E-state index in [1.807, 2.05) is 0 Å². The molecular weight excluding hydrogens is 320 g/mol. The standard InChI is InChI=1S/C19H22N2O4/c22-17-11-16(21-15-10-6-5-9-14(15)17)19(24)25-12-18(23)20-13-7-3-1-2-4-8-13/h5-6,9-11,13H,1-4,7-8,12H2,(H,20,23)(H,21,22). The topological polar surface area (TPSA) is 88.3 Å². The van der Waals surface area contributed by atoms with Crippen LogP contribution in [-0.4, -0.2) is 29.5 Å². The van der Waals surface area contributed by atoms with Crippen LogP contribution >= 0.6 is 0 Å². The first-order valence-electron chi connectivity index (χ1n) is 8.72. The van der Waals surface area contributed by atoms with Gasteiger partial charge < -0.3 is 15.0 Å². The van der Waals surface area contributed by atoms with Crippen molar-refractivity contribution >= 4 is 22.8 Å². The molecule has 0 bridgehead atoms. The number of fused-ring (bicyclic) bond motifs is 1. The lowest BCUT2D eigenvalue weighted by atomic mass is 10.1. The largest absolute Gasteiger partial charge is 0.451 e. The van der Waals surface area contributed by atoms with Gasteiger partial charge in [-0.15, -0.1) is 0 Å². The third-order valence-electron chi connectivity index (χ3n) is 4.51. The number of aromatic nitrogens is 1. The van der Waals surface area contributed by atoms with Crippen molar-refractivity contribution in [2.75, 3.05) is 6.61 Å². The van der Waals surface area contributed by atoms with Crippen molar-refractivity contribution in [2.45, 2.75) is 44.6 Å². The number of carbonyl (C=O) groups is 2. The molecular formula is C19H22N2O4. The molecule has 1 amide bonds. The SMILES string of the molecule is O=C(COC(=O)c1cc(=O)c2ccccc2[nH]1)NC1CCCCCC1. The summed E-state index contributed by atoms with van der Waals surface area (Å²) >= 11 is 0. The molecule has 0 spiro atoms. The smallest absolute Gasteiger partial charge is 0.355 e. The molecule has 1 aliphatic carbocycles. The number of H-pyrrole nitrogens is 1. The van der Waals surface area contributed by atoms with E-state index in [1.54, 1.807) is 24.3 Å². The van der Waals surface area contributed by atoms with Crippen molar-refractivity contribution in [3.05, 3.63) is 46.2 Å². The van der Waals surface area contributed by atoms with Crippen LogP contribution in [0.2, 0.25) is 0 Å². The second-order valence-corrected chi connectivity index (χ2v) is 6.42. The Morgan fingerprint density at radius 2 is 1.84 bits per heavy atom. The van der Waals surface area contributed by atoms with E-state index < -0.39 is 5.97 Å². The molecule has 6 heteroatoms. The van der Waals surface area contributed by atoms with Crippen molar-refractivity contribution in [3.8, 4) is 0 Å². The highest BCUT2D eigenvalue weighted by Gasteiger charge is 2.17. The number of amides is 1. The summed E-state index contributed by atoms with van der Waals surface area (Å²) < 4.78 is 5.05. The minimum absolute atomic E-state index is 0.0472. The van der Waals surface area contributed by atoms with Crippen LogP contribution in [0, 0.1) is 0 Å². The number of hydrogen-bond acceptors (Lipinski definition) is 4. The van der Waals surface area contributed by atoms with E-state index in [4.69, 9.17) is 4.74 Å². The first kappa shape index (κ1) is 17.2. The third-order valence-corrected chi connectivity index (χ3v) is 4.51. The number of para-hydroxylation sites is 1. The van der Waals surface area contributed by atoms with Crippen LogP contribution in [0.25, 0.3) is 10.9 Å². The Balaban J connectivity index is 1.58. The first-order valence-corrected chi connectivity index (χ1v) is 8.72. The lowest BCUT2D eigenvalue weighted by Crippen LogP contribution is -2.37. The minimum atomic E-state index is -0.709.